The molecule has 5 saturated carbocycles. The van der Waals surface area contributed by atoms with Crippen LogP contribution >= 0.6 is 0 Å². The molecule has 5 aliphatic rings. The van der Waals surface area contributed by atoms with Gasteiger partial charge in [-0.1, -0.05) is 0 Å². The lowest BCUT2D eigenvalue weighted by atomic mass is 10.0. The summed E-state index contributed by atoms with van der Waals surface area (Å²) in [6.45, 7) is 3.86. The minimum Gasteiger partial charge on any atom is -0.490 e. The molecular formula is C21H22N2O3. The third kappa shape index (κ3) is 1.71. The average Bonchev–Trinajstić information content (AvgIpc) is 3.40. The maximum Gasteiger partial charge on any atom is 0.252 e. The third-order valence-corrected chi connectivity index (χ3v) is 7.15. The van der Waals surface area contributed by atoms with E-state index in [9.17, 15) is 4.79 Å². The zero-order chi connectivity index (χ0) is 17.8. The predicted octanol–water partition coefficient (Wildman–Crippen LogP) is 3.15. The maximum atomic E-state index is 11.8. The summed E-state index contributed by atoms with van der Waals surface area (Å²) < 4.78 is 12.4. The Balaban J connectivity index is 1.42. The lowest BCUT2D eigenvalue weighted by molar-refractivity contribution is 0.0994. The van der Waals surface area contributed by atoms with Gasteiger partial charge < -0.3 is 15.2 Å². The molecule has 4 bridgehead atoms. The Morgan fingerprint density at radius 3 is 2.73 bits per heavy atom. The van der Waals surface area contributed by atoms with Gasteiger partial charge in [0.25, 0.3) is 5.91 Å². The molecule has 5 nitrogen and oxygen atoms in total. The van der Waals surface area contributed by atoms with E-state index in [-0.39, 0.29) is 6.10 Å². The van der Waals surface area contributed by atoms with Crippen LogP contribution in [-0.2, 0) is 0 Å². The molecule has 2 aromatic rings. The van der Waals surface area contributed by atoms with Crippen molar-refractivity contribution in [3.63, 3.8) is 0 Å². The number of pyridine rings is 1. The summed E-state index contributed by atoms with van der Waals surface area (Å²) in [7, 11) is 0. The lowest BCUT2D eigenvalue weighted by Gasteiger charge is -2.22. The number of nitrogens with two attached hydrogens (primary N) is 1. The van der Waals surface area contributed by atoms with Crippen LogP contribution in [0.1, 0.15) is 37.0 Å². The smallest absolute Gasteiger partial charge is 0.252 e. The highest BCUT2D eigenvalue weighted by Gasteiger charge is 2.88. The molecule has 6 atom stereocenters. The summed E-state index contributed by atoms with van der Waals surface area (Å²) >= 11 is 0. The number of carbonyl (C=O) groups excluding carboxylic acids is 1. The number of carbonyl (C=O) groups is 1. The van der Waals surface area contributed by atoms with Crippen LogP contribution in [0.5, 0.6) is 11.5 Å². The summed E-state index contributed by atoms with van der Waals surface area (Å²) in [6.07, 6.45) is 4.78. The van der Waals surface area contributed by atoms with Crippen LogP contribution in [0, 0.1) is 29.1 Å². The first-order valence-corrected chi connectivity index (χ1v) is 9.55. The van der Waals surface area contributed by atoms with E-state index in [1.807, 2.05) is 26.0 Å². The lowest BCUT2D eigenvalue weighted by Crippen LogP contribution is -2.24. The van der Waals surface area contributed by atoms with E-state index >= 15 is 0 Å². The van der Waals surface area contributed by atoms with Crippen molar-refractivity contribution < 1.29 is 14.3 Å². The van der Waals surface area contributed by atoms with Crippen LogP contribution in [0.2, 0.25) is 0 Å². The number of primary amides is 1. The van der Waals surface area contributed by atoms with E-state index in [0.29, 0.717) is 22.8 Å². The summed E-state index contributed by atoms with van der Waals surface area (Å²) in [6, 6.07) is 5.52. The van der Waals surface area contributed by atoms with Crippen molar-refractivity contribution in [2.45, 2.75) is 38.9 Å². The van der Waals surface area contributed by atoms with Crippen LogP contribution < -0.4 is 15.2 Å². The van der Waals surface area contributed by atoms with Gasteiger partial charge >= 0.3 is 0 Å². The molecular weight excluding hydrogens is 328 g/mol. The highest BCUT2D eigenvalue weighted by atomic mass is 16.5. The number of nitrogens with zero attached hydrogens (tertiary/aromatic N) is 1. The van der Waals surface area contributed by atoms with Crippen LogP contribution in [0.4, 0.5) is 0 Å². The number of benzene rings is 1. The molecule has 0 aliphatic heterocycles. The van der Waals surface area contributed by atoms with Gasteiger partial charge in [-0.05, 0) is 62.6 Å². The molecule has 0 radical (unpaired) electrons. The fourth-order valence-electron chi connectivity index (χ4n) is 6.19. The fraction of sp³-hybridized carbons (Fsp3) is 0.524. The van der Waals surface area contributed by atoms with Crippen molar-refractivity contribution in [2.75, 3.05) is 0 Å². The van der Waals surface area contributed by atoms with E-state index in [4.69, 9.17) is 15.2 Å². The van der Waals surface area contributed by atoms with Crippen molar-refractivity contribution in [3.05, 3.63) is 30.0 Å². The van der Waals surface area contributed by atoms with Gasteiger partial charge in [0, 0.05) is 22.9 Å². The molecule has 1 spiro atoms. The molecule has 26 heavy (non-hydrogen) atoms. The van der Waals surface area contributed by atoms with Crippen molar-refractivity contribution >= 4 is 16.8 Å². The summed E-state index contributed by atoms with van der Waals surface area (Å²) in [5, 5.41) is 0.892. The zero-order valence-electron chi connectivity index (χ0n) is 14.9. The SMILES string of the molecule is CC(C)Oc1cc2c(OC3C4C5CC36CC6C54)ccnc2cc1C(N)=O. The van der Waals surface area contributed by atoms with Crippen LogP contribution in [-0.4, -0.2) is 23.1 Å². The first-order chi connectivity index (χ1) is 12.5. The normalized spacial score (nSPS) is 37.7. The van der Waals surface area contributed by atoms with Gasteiger partial charge in [-0.3, -0.25) is 9.78 Å². The number of hydrogen-bond donors (Lipinski definition) is 1. The minimum atomic E-state index is -0.507. The van der Waals surface area contributed by atoms with Crippen LogP contribution in [0.15, 0.2) is 24.4 Å². The molecule has 6 unspecified atom stereocenters. The Morgan fingerprint density at radius 1 is 1.27 bits per heavy atom. The second kappa shape index (κ2) is 4.51. The molecule has 7 rings (SSSR count). The molecule has 1 heterocycles. The average molecular weight is 350 g/mol. The van der Waals surface area contributed by atoms with E-state index in [2.05, 4.69) is 4.98 Å². The largest absolute Gasteiger partial charge is 0.490 e. The molecule has 1 aromatic carbocycles. The Hall–Kier alpha value is -2.30. The Labute approximate surface area is 151 Å². The van der Waals surface area contributed by atoms with Gasteiger partial charge in [0.2, 0.25) is 0 Å². The first kappa shape index (κ1) is 14.8. The number of fused-ring (bicyclic) bond motifs is 1. The van der Waals surface area contributed by atoms with E-state index in [0.717, 1.165) is 40.3 Å². The zero-order valence-corrected chi connectivity index (χ0v) is 14.9. The molecule has 5 heteroatoms. The number of aromatic nitrogens is 1. The topological polar surface area (TPSA) is 74.4 Å². The molecule has 5 aliphatic carbocycles. The van der Waals surface area contributed by atoms with Crippen molar-refractivity contribution in [3.8, 4) is 11.5 Å². The van der Waals surface area contributed by atoms with E-state index in [1.54, 1.807) is 12.3 Å². The molecule has 1 aromatic heterocycles. The Morgan fingerprint density at radius 2 is 2.12 bits per heavy atom. The highest BCUT2D eigenvalue weighted by molar-refractivity contribution is 6.01. The molecule has 134 valence electrons. The summed E-state index contributed by atoms with van der Waals surface area (Å²) in [4.78, 5) is 16.3. The summed E-state index contributed by atoms with van der Waals surface area (Å²) in [5.41, 5.74) is 7.10. The Bertz CT molecular complexity index is 971. The number of hydrogen-bond acceptors (Lipinski definition) is 4. The number of rotatable bonds is 5. The van der Waals surface area contributed by atoms with Crippen molar-refractivity contribution in [1.82, 2.24) is 4.98 Å². The van der Waals surface area contributed by atoms with Gasteiger partial charge in [0.1, 0.15) is 17.6 Å². The quantitative estimate of drug-likeness (QED) is 0.899. The monoisotopic (exact) mass is 350 g/mol. The van der Waals surface area contributed by atoms with Gasteiger partial charge in [-0.25, -0.2) is 0 Å². The van der Waals surface area contributed by atoms with Crippen molar-refractivity contribution in [1.29, 1.82) is 0 Å². The number of amides is 1. The Kier molecular flexibility index (Phi) is 2.57. The van der Waals surface area contributed by atoms with Gasteiger partial charge in [0.05, 0.1) is 17.2 Å². The molecule has 1 amide bonds. The van der Waals surface area contributed by atoms with E-state index in [1.165, 1.54) is 12.8 Å². The number of ether oxygens (including phenoxy) is 2. The first-order valence-electron chi connectivity index (χ1n) is 9.55. The molecule has 5 fully saturated rings. The van der Waals surface area contributed by atoms with Gasteiger partial charge in [0.15, 0.2) is 0 Å². The van der Waals surface area contributed by atoms with Crippen LogP contribution in [0.3, 0.4) is 0 Å². The fourth-order valence-corrected chi connectivity index (χ4v) is 6.19. The summed E-state index contributed by atoms with van der Waals surface area (Å²) in [5.74, 6) is 4.41. The van der Waals surface area contributed by atoms with Gasteiger partial charge in [-0.2, -0.15) is 0 Å². The van der Waals surface area contributed by atoms with Gasteiger partial charge in [-0.15, -0.1) is 0 Å². The second-order valence-corrected chi connectivity index (χ2v) is 8.81. The highest BCUT2D eigenvalue weighted by Crippen LogP contribution is 2.89. The maximum absolute atomic E-state index is 11.8. The minimum absolute atomic E-state index is 0.0491. The third-order valence-electron chi connectivity index (χ3n) is 7.15. The molecule has 0 saturated heterocycles. The predicted molar refractivity (Wildman–Crippen MR) is 96.1 cm³/mol. The standard InChI is InChI=1S/C21H22N2O3/c1-9(2)25-16-6-10-14(5-11(16)20(22)24)23-4-3-15(10)26-19-18-12-7-21(19)8-13(21)17(12)18/h3-6,9,12-13,17-19H,7-8H2,1-2H3,(H2,22,24). The molecule has 2 N–H and O–H groups in total. The van der Waals surface area contributed by atoms with Crippen LogP contribution in [0.25, 0.3) is 10.9 Å². The van der Waals surface area contributed by atoms with Crippen molar-refractivity contribution in [2.24, 2.45) is 34.8 Å². The van der Waals surface area contributed by atoms with E-state index < -0.39 is 5.91 Å². The second-order valence-electron chi connectivity index (χ2n) is 8.81.